The molecular weight excluding hydrogens is 375 g/mol. The summed E-state index contributed by atoms with van der Waals surface area (Å²) in [6, 6.07) is 12.0. The van der Waals surface area contributed by atoms with Gasteiger partial charge >= 0.3 is 0 Å². The molecule has 130 valence electrons. The molecule has 26 heavy (non-hydrogen) atoms. The highest BCUT2D eigenvalue weighted by molar-refractivity contribution is 6.31. The first-order valence-corrected chi connectivity index (χ1v) is 8.49. The lowest BCUT2D eigenvalue weighted by Crippen LogP contribution is -2.26. The van der Waals surface area contributed by atoms with Gasteiger partial charge in [-0.15, -0.1) is 0 Å². The maximum absolute atomic E-state index is 12.6. The summed E-state index contributed by atoms with van der Waals surface area (Å²) in [5.74, 6) is -0.337. The average molecular weight is 387 g/mol. The fourth-order valence-corrected chi connectivity index (χ4v) is 3.07. The number of hydrogen-bond acceptors (Lipinski definition) is 3. The Morgan fingerprint density at radius 3 is 2.58 bits per heavy atom. The molecule has 0 spiro atoms. The van der Waals surface area contributed by atoms with Crippen LogP contribution in [0.3, 0.4) is 0 Å². The van der Waals surface area contributed by atoms with Crippen molar-refractivity contribution >= 4 is 56.6 Å². The number of carbonyl (C=O) groups excluding carboxylic acids is 1. The lowest BCUT2D eigenvalue weighted by atomic mass is 10.2. The Morgan fingerprint density at radius 2 is 1.81 bits per heavy atom. The molecule has 0 radical (unpaired) electrons. The smallest absolute Gasteiger partial charge is 0.276 e. The van der Waals surface area contributed by atoms with Crippen LogP contribution in [0.1, 0.15) is 0 Å². The van der Waals surface area contributed by atoms with Crippen LogP contribution in [0.2, 0.25) is 10.0 Å². The van der Waals surface area contributed by atoms with Crippen LogP contribution in [0, 0.1) is 0 Å². The van der Waals surface area contributed by atoms with Crippen molar-refractivity contribution in [3.8, 4) is 0 Å². The maximum Gasteiger partial charge on any atom is 0.276 e. The molecule has 2 heterocycles. The Labute approximate surface area is 157 Å². The van der Waals surface area contributed by atoms with E-state index in [-0.39, 0.29) is 18.0 Å². The van der Waals surface area contributed by atoms with Crippen molar-refractivity contribution in [3.63, 3.8) is 0 Å². The van der Waals surface area contributed by atoms with Gasteiger partial charge in [0.05, 0.1) is 16.4 Å². The van der Waals surface area contributed by atoms with Gasteiger partial charge in [0, 0.05) is 27.3 Å². The van der Waals surface area contributed by atoms with Crippen molar-refractivity contribution in [1.29, 1.82) is 0 Å². The molecule has 6 nitrogen and oxygen atoms in total. The third-order valence-electron chi connectivity index (χ3n) is 3.98. The standard InChI is InChI=1S/C18H12Cl2N4O2/c19-10-1-4-12(5-2-10)22-16(25)9-24-18(26)14-8-21-15-6-3-11(20)7-13(15)17(14)23-24/h1-8,23H,9H2,(H,22,25). The molecular formula is C18H12Cl2N4O2. The first-order chi connectivity index (χ1) is 12.5. The van der Waals surface area contributed by atoms with Crippen LogP contribution < -0.4 is 10.9 Å². The SMILES string of the molecule is O=C(Cn1[nH]c2c(cnc3ccc(Cl)cc32)c1=O)Nc1ccc(Cl)cc1. The normalized spacial score (nSPS) is 11.2. The topological polar surface area (TPSA) is 79.8 Å². The van der Waals surface area contributed by atoms with Crippen LogP contribution in [0.25, 0.3) is 21.8 Å². The zero-order chi connectivity index (χ0) is 18.3. The minimum Gasteiger partial charge on any atom is -0.324 e. The van der Waals surface area contributed by atoms with Crippen molar-refractivity contribution in [2.24, 2.45) is 0 Å². The maximum atomic E-state index is 12.6. The van der Waals surface area contributed by atoms with Crippen molar-refractivity contribution in [2.45, 2.75) is 6.54 Å². The van der Waals surface area contributed by atoms with E-state index >= 15 is 0 Å². The number of rotatable bonds is 3. The summed E-state index contributed by atoms with van der Waals surface area (Å²) < 4.78 is 1.25. The number of H-pyrrole nitrogens is 1. The van der Waals surface area contributed by atoms with E-state index in [0.29, 0.717) is 32.2 Å². The van der Waals surface area contributed by atoms with Gasteiger partial charge in [0.25, 0.3) is 5.56 Å². The van der Waals surface area contributed by atoms with Gasteiger partial charge < -0.3 is 5.32 Å². The van der Waals surface area contributed by atoms with E-state index in [4.69, 9.17) is 23.2 Å². The monoisotopic (exact) mass is 386 g/mol. The molecule has 2 aromatic carbocycles. The number of aromatic nitrogens is 3. The van der Waals surface area contributed by atoms with Crippen LogP contribution in [-0.2, 0) is 11.3 Å². The highest BCUT2D eigenvalue weighted by Gasteiger charge is 2.13. The van der Waals surface area contributed by atoms with Crippen molar-refractivity contribution in [2.75, 3.05) is 5.32 Å². The predicted molar refractivity (Wildman–Crippen MR) is 103 cm³/mol. The summed E-state index contributed by atoms with van der Waals surface area (Å²) in [4.78, 5) is 29.1. The lowest BCUT2D eigenvalue weighted by molar-refractivity contribution is -0.116. The number of aromatic amines is 1. The van der Waals surface area contributed by atoms with Crippen LogP contribution in [0.15, 0.2) is 53.5 Å². The molecule has 4 rings (SSSR count). The molecule has 0 bridgehead atoms. The summed E-state index contributed by atoms with van der Waals surface area (Å²) in [5, 5.41) is 7.95. The average Bonchev–Trinajstić information content (AvgIpc) is 2.93. The number of amides is 1. The largest absolute Gasteiger partial charge is 0.324 e. The molecule has 0 unspecified atom stereocenters. The Bertz CT molecular complexity index is 1200. The molecule has 0 aliphatic rings. The number of hydrogen-bond donors (Lipinski definition) is 2. The molecule has 0 aliphatic heterocycles. The molecule has 2 aromatic heterocycles. The highest BCUT2D eigenvalue weighted by atomic mass is 35.5. The highest BCUT2D eigenvalue weighted by Crippen LogP contribution is 2.23. The van der Waals surface area contributed by atoms with E-state index < -0.39 is 0 Å². The summed E-state index contributed by atoms with van der Waals surface area (Å²) >= 11 is 11.9. The van der Waals surface area contributed by atoms with E-state index in [9.17, 15) is 9.59 Å². The molecule has 1 amide bonds. The number of fused-ring (bicyclic) bond motifs is 3. The zero-order valence-electron chi connectivity index (χ0n) is 13.3. The molecule has 0 atom stereocenters. The minimum absolute atomic E-state index is 0.155. The third-order valence-corrected chi connectivity index (χ3v) is 4.47. The molecule has 0 saturated heterocycles. The summed E-state index contributed by atoms with van der Waals surface area (Å²) in [5.41, 5.74) is 1.59. The first kappa shape index (κ1) is 16.6. The fourth-order valence-electron chi connectivity index (χ4n) is 2.77. The van der Waals surface area contributed by atoms with Crippen molar-refractivity contribution in [1.82, 2.24) is 14.8 Å². The van der Waals surface area contributed by atoms with Crippen LogP contribution in [0.4, 0.5) is 5.69 Å². The first-order valence-electron chi connectivity index (χ1n) is 7.73. The Kier molecular flexibility index (Phi) is 4.14. The van der Waals surface area contributed by atoms with E-state index in [1.807, 2.05) is 0 Å². The third kappa shape index (κ3) is 3.05. The Hall–Kier alpha value is -2.83. The number of nitrogens with zero attached hydrogens (tertiary/aromatic N) is 2. The zero-order valence-corrected chi connectivity index (χ0v) is 14.8. The molecule has 8 heteroatoms. The fraction of sp³-hybridized carbons (Fsp3) is 0.0556. The van der Waals surface area contributed by atoms with Gasteiger partial charge in [0.15, 0.2) is 0 Å². The van der Waals surface area contributed by atoms with E-state index in [0.717, 1.165) is 5.39 Å². The molecule has 0 aliphatic carbocycles. The van der Waals surface area contributed by atoms with Crippen LogP contribution in [0.5, 0.6) is 0 Å². The minimum atomic E-state index is -0.337. The predicted octanol–water partition coefficient (Wildman–Crippen LogP) is 3.82. The molecule has 4 aromatic rings. The quantitative estimate of drug-likeness (QED) is 0.561. The number of anilines is 1. The second kappa shape index (κ2) is 6.48. The Morgan fingerprint density at radius 1 is 1.08 bits per heavy atom. The van der Waals surface area contributed by atoms with Gasteiger partial charge in [-0.25, -0.2) is 4.68 Å². The van der Waals surface area contributed by atoms with Gasteiger partial charge in [-0.1, -0.05) is 23.2 Å². The number of nitrogens with one attached hydrogen (secondary N) is 2. The van der Waals surface area contributed by atoms with Crippen LogP contribution >= 0.6 is 23.2 Å². The van der Waals surface area contributed by atoms with Crippen LogP contribution in [-0.4, -0.2) is 20.7 Å². The van der Waals surface area contributed by atoms with Gasteiger partial charge in [0.1, 0.15) is 6.54 Å². The summed E-state index contributed by atoms with van der Waals surface area (Å²) in [6.07, 6.45) is 1.50. The van der Waals surface area contributed by atoms with E-state index in [1.165, 1.54) is 10.9 Å². The van der Waals surface area contributed by atoms with Gasteiger partial charge in [-0.3, -0.25) is 19.7 Å². The number of pyridine rings is 1. The van der Waals surface area contributed by atoms with Gasteiger partial charge in [0.2, 0.25) is 5.91 Å². The second-order valence-electron chi connectivity index (χ2n) is 5.77. The van der Waals surface area contributed by atoms with Crippen molar-refractivity contribution < 1.29 is 4.79 Å². The van der Waals surface area contributed by atoms with Gasteiger partial charge in [-0.2, -0.15) is 0 Å². The number of benzene rings is 2. The molecule has 0 saturated carbocycles. The van der Waals surface area contributed by atoms with E-state index in [1.54, 1.807) is 42.5 Å². The van der Waals surface area contributed by atoms with Crippen molar-refractivity contribution in [3.05, 3.63) is 69.1 Å². The summed E-state index contributed by atoms with van der Waals surface area (Å²) in [7, 11) is 0. The Balaban J connectivity index is 1.68. The summed E-state index contributed by atoms with van der Waals surface area (Å²) in [6.45, 7) is -0.155. The molecule has 2 N–H and O–H groups in total. The second-order valence-corrected chi connectivity index (χ2v) is 6.64. The van der Waals surface area contributed by atoms with Gasteiger partial charge in [-0.05, 0) is 42.5 Å². The van der Waals surface area contributed by atoms with E-state index in [2.05, 4.69) is 15.4 Å². The molecule has 0 fully saturated rings. The lowest BCUT2D eigenvalue weighted by Gasteiger charge is -2.05. The number of halogens is 2. The number of carbonyl (C=O) groups is 1.